The van der Waals surface area contributed by atoms with Gasteiger partial charge >= 0.3 is 12.1 Å². The third-order valence-electron chi connectivity index (χ3n) is 3.46. The highest BCUT2D eigenvalue weighted by atomic mass is 16.6. The van der Waals surface area contributed by atoms with E-state index >= 15 is 0 Å². The fraction of sp³-hybridized carbons (Fsp3) is 0.556. The number of ether oxygens (including phenoxy) is 2. The van der Waals surface area contributed by atoms with E-state index in [1.807, 2.05) is 40.7 Å². The van der Waals surface area contributed by atoms with Crippen molar-refractivity contribution in [3.63, 3.8) is 0 Å². The molecule has 1 aliphatic rings. The lowest BCUT2D eigenvalue weighted by molar-refractivity contribution is 0.132. The Morgan fingerprint density at radius 1 is 1.24 bits per heavy atom. The van der Waals surface area contributed by atoms with E-state index in [0.717, 1.165) is 5.56 Å². The van der Waals surface area contributed by atoms with Crippen LogP contribution in [-0.2, 0) is 6.42 Å². The van der Waals surface area contributed by atoms with Gasteiger partial charge in [0.05, 0.1) is 0 Å². The summed E-state index contributed by atoms with van der Waals surface area (Å²) in [7, 11) is 3.31. The Balaban J connectivity index is 2.32. The number of rotatable bonds is 2. The van der Waals surface area contributed by atoms with Gasteiger partial charge in [-0.1, -0.05) is 0 Å². The monoisotopic (exact) mass is 349 g/mol. The molecule has 0 spiro atoms. The Morgan fingerprint density at radius 3 is 2.44 bits per heavy atom. The molecule has 0 aromatic heterocycles. The normalized spacial score (nSPS) is 15.0. The van der Waals surface area contributed by atoms with E-state index in [4.69, 9.17) is 9.47 Å². The fourth-order valence-electron chi connectivity index (χ4n) is 2.49. The molecule has 2 rings (SSSR count). The number of nitrogens with one attached hydrogen (secondary N) is 2. The van der Waals surface area contributed by atoms with Gasteiger partial charge in [0.1, 0.15) is 5.60 Å². The summed E-state index contributed by atoms with van der Waals surface area (Å²) in [6.45, 7) is 9.53. The highest BCUT2D eigenvalue weighted by Gasteiger charge is 2.34. The second kappa shape index (κ2) is 6.46. The van der Waals surface area contributed by atoms with E-state index < -0.39 is 17.2 Å². The number of hydrogen-bond acceptors (Lipinski definition) is 4. The predicted molar refractivity (Wildman–Crippen MR) is 96.5 cm³/mol. The maximum atomic E-state index is 12.1. The Morgan fingerprint density at radius 2 is 1.88 bits per heavy atom. The quantitative estimate of drug-likeness (QED) is 0.858. The molecule has 0 unspecified atom stereocenters. The minimum atomic E-state index is -0.570. The number of benzene rings is 1. The molecule has 1 heterocycles. The molecular weight excluding hydrogens is 322 g/mol. The van der Waals surface area contributed by atoms with Crippen LogP contribution in [-0.4, -0.2) is 42.3 Å². The van der Waals surface area contributed by atoms with Gasteiger partial charge < -0.3 is 25.0 Å². The molecule has 1 aromatic rings. The first-order valence-corrected chi connectivity index (χ1v) is 8.20. The van der Waals surface area contributed by atoms with E-state index in [9.17, 15) is 9.59 Å². The van der Waals surface area contributed by atoms with Crippen molar-refractivity contribution in [1.82, 2.24) is 10.2 Å². The van der Waals surface area contributed by atoms with Gasteiger partial charge in [0, 0.05) is 43.4 Å². The molecule has 138 valence electrons. The van der Waals surface area contributed by atoms with Crippen LogP contribution in [0.25, 0.3) is 0 Å². The van der Waals surface area contributed by atoms with Crippen LogP contribution in [0.5, 0.6) is 11.5 Å². The Hall–Kier alpha value is -2.44. The minimum Gasteiger partial charge on any atom is -0.483 e. The summed E-state index contributed by atoms with van der Waals surface area (Å²) < 4.78 is 11.4. The molecule has 0 aliphatic carbocycles. The van der Waals surface area contributed by atoms with Crippen LogP contribution >= 0.6 is 0 Å². The molecule has 7 nitrogen and oxygen atoms in total. The number of urea groups is 1. The summed E-state index contributed by atoms with van der Waals surface area (Å²) in [5.74, 6) is 0.829. The number of hydrogen-bond donors (Lipinski definition) is 2. The average molecular weight is 349 g/mol. The molecule has 0 atom stereocenters. The smallest absolute Gasteiger partial charge is 0.413 e. The summed E-state index contributed by atoms with van der Waals surface area (Å²) in [6, 6.07) is 3.19. The molecule has 0 saturated heterocycles. The molecule has 0 fully saturated rings. The number of anilines is 1. The maximum absolute atomic E-state index is 12.1. The molecule has 7 heteroatoms. The topological polar surface area (TPSA) is 79.9 Å². The summed E-state index contributed by atoms with van der Waals surface area (Å²) in [5.41, 5.74) is 0.625. The lowest BCUT2D eigenvalue weighted by Crippen LogP contribution is -2.42. The number of nitrogens with zero attached hydrogens (tertiary/aromatic N) is 1. The van der Waals surface area contributed by atoms with Crippen molar-refractivity contribution in [3.05, 3.63) is 17.7 Å². The lowest BCUT2D eigenvalue weighted by Gasteiger charge is -2.21. The zero-order chi connectivity index (χ0) is 19.0. The van der Waals surface area contributed by atoms with Crippen LogP contribution in [0, 0.1) is 0 Å². The van der Waals surface area contributed by atoms with Gasteiger partial charge in [-0.25, -0.2) is 9.59 Å². The van der Waals surface area contributed by atoms with E-state index in [1.54, 1.807) is 20.2 Å². The van der Waals surface area contributed by atoms with Crippen molar-refractivity contribution in [1.29, 1.82) is 0 Å². The highest BCUT2D eigenvalue weighted by molar-refractivity contribution is 5.90. The van der Waals surface area contributed by atoms with Crippen molar-refractivity contribution in [2.24, 2.45) is 0 Å². The molecular formula is C18H27N3O4. The van der Waals surface area contributed by atoms with Crippen molar-refractivity contribution >= 4 is 17.8 Å². The van der Waals surface area contributed by atoms with E-state index in [-0.39, 0.29) is 6.03 Å². The van der Waals surface area contributed by atoms with Crippen molar-refractivity contribution in [3.8, 4) is 11.5 Å². The third kappa shape index (κ3) is 5.01. The third-order valence-corrected chi connectivity index (χ3v) is 3.46. The summed E-state index contributed by atoms with van der Waals surface area (Å²) in [4.78, 5) is 25.5. The zero-order valence-electron chi connectivity index (χ0n) is 15.9. The first kappa shape index (κ1) is 18.9. The van der Waals surface area contributed by atoms with Crippen LogP contribution in [0.4, 0.5) is 15.3 Å². The second-order valence-corrected chi connectivity index (χ2v) is 8.09. The van der Waals surface area contributed by atoms with Crippen LogP contribution in [0.2, 0.25) is 0 Å². The summed E-state index contributed by atoms with van der Waals surface area (Å²) >= 11 is 0. The molecule has 25 heavy (non-hydrogen) atoms. The van der Waals surface area contributed by atoms with Gasteiger partial charge in [0.25, 0.3) is 0 Å². The SMILES string of the molecule is CN(C)C(=O)Nc1cc2c(c(OC(=O)NC(C)(C)C)c1)OC(C)(C)C2. The first-order valence-electron chi connectivity index (χ1n) is 8.20. The van der Waals surface area contributed by atoms with Crippen LogP contribution in [0.1, 0.15) is 40.2 Å². The molecule has 0 saturated carbocycles. The van der Waals surface area contributed by atoms with Gasteiger partial charge in [-0.05, 0) is 40.7 Å². The minimum absolute atomic E-state index is 0.261. The van der Waals surface area contributed by atoms with Gasteiger partial charge in [-0.3, -0.25) is 0 Å². The Kier molecular flexibility index (Phi) is 4.88. The number of amides is 3. The molecule has 3 amide bonds. The first-order chi connectivity index (χ1) is 11.4. The maximum Gasteiger partial charge on any atom is 0.413 e. The predicted octanol–water partition coefficient (Wildman–Crippen LogP) is 3.38. The summed E-state index contributed by atoms with van der Waals surface area (Å²) in [5, 5.41) is 5.53. The lowest BCUT2D eigenvalue weighted by atomic mass is 10.0. The van der Waals surface area contributed by atoms with Crippen molar-refractivity contribution in [2.75, 3.05) is 19.4 Å². The Bertz CT molecular complexity index is 690. The molecule has 1 aromatic carbocycles. The number of fused-ring (bicyclic) bond motifs is 1. The zero-order valence-corrected chi connectivity index (χ0v) is 15.9. The van der Waals surface area contributed by atoms with Crippen LogP contribution in [0.15, 0.2) is 12.1 Å². The number of carbonyl (C=O) groups is 2. The van der Waals surface area contributed by atoms with Crippen molar-refractivity contribution < 1.29 is 19.1 Å². The fourth-order valence-corrected chi connectivity index (χ4v) is 2.49. The van der Waals surface area contributed by atoms with Crippen LogP contribution in [0.3, 0.4) is 0 Å². The van der Waals surface area contributed by atoms with E-state index in [2.05, 4.69) is 10.6 Å². The molecule has 1 aliphatic heterocycles. The highest BCUT2D eigenvalue weighted by Crippen LogP contribution is 2.44. The molecule has 0 radical (unpaired) electrons. The van der Waals surface area contributed by atoms with E-state index in [1.165, 1.54) is 4.90 Å². The molecule has 0 bridgehead atoms. The standard InChI is InChI=1S/C18H27N3O4/c1-17(2,3)20-16(23)24-13-9-12(19-15(22)21(6)7)8-11-10-18(4,5)25-14(11)13/h8-9H,10H2,1-7H3,(H,19,22)(H,20,23). The van der Waals surface area contributed by atoms with Crippen molar-refractivity contribution in [2.45, 2.75) is 52.2 Å². The van der Waals surface area contributed by atoms with Gasteiger partial charge in [0.15, 0.2) is 11.5 Å². The largest absolute Gasteiger partial charge is 0.483 e. The van der Waals surface area contributed by atoms with E-state index in [0.29, 0.717) is 23.6 Å². The average Bonchev–Trinajstić information content (AvgIpc) is 2.70. The van der Waals surface area contributed by atoms with Gasteiger partial charge in [-0.15, -0.1) is 0 Å². The second-order valence-electron chi connectivity index (χ2n) is 8.09. The molecule has 2 N–H and O–H groups in total. The van der Waals surface area contributed by atoms with Gasteiger partial charge in [-0.2, -0.15) is 0 Å². The van der Waals surface area contributed by atoms with Gasteiger partial charge in [0.2, 0.25) is 0 Å². The van der Waals surface area contributed by atoms with Crippen LogP contribution < -0.4 is 20.1 Å². The number of carbonyl (C=O) groups excluding carboxylic acids is 2. The summed E-state index contributed by atoms with van der Waals surface area (Å²) in [6.07, 6.45) is 0.0877. The Labute approximate surface area is 148 Å².